The highest BCUT2D eigenvalue weighted by molar-refractivity contribution is 8.04. The van der Waals surface area contributed by atoms with Gasteiger partial charge in [0.2, 0.25) is 11.8 Å². The van der Waals surface area contributed by atoms with Crippen LogP contribution in [0.5, 0.6) is 0 Å². The predicted molar refractivity (Wildman–Crippen MR) is 96.5 cm³/mol. The number of carbonyl (C=O) groups excluding carboxylic acids is 3. The van der Waals surface area contributed by atoms with Crippen molar-refractivity contribution in [3.8, 4) is 0 Å². The second-order valence-electron chi connectivity index (χ2n) is 6.73. The number of nitrogens with one attached hydrogen (secondary N) is 1. The van der Waals surface area contributed by atoms with E-state index in [2.05, 4.69) is 5.32 Å². The third-order valence-corrected chi connectivity index (χ3v) is 4.65. The summed E-state index contributed by atoms with van der Waals surface area (Å²) in [7, 11) is 0. The van der Waals surface area contributed by atoms with Crippen molar-refractivity contribution in [1.29, 1.82) is 0 Å². The molecule has 1 N–H and O–H groups in total. The van der Waals surface area contributed by atoms with Crippen LogP contribution in [0.15, 0.2) is 35.4 Å². The Labute approximate surface area is 146 Å². The molecule has 1 aliphatic heterocycles. The van der Waals surface area contributed by atoms with Crippen LogP contribution in [-0.2, 0) is 14.4 Å². The van der Waals surface area contributed by atoms with E-state index in [-0.39, 0.29) is 29.9 Å². The van der Waals surface area contributed by atoms with E-state index in [4.69, 9.17) is 0 Å². The Morgan fingerprint density at radius 1 is 1.29 bits per heavy atom. The number of anilines is 1. The van der Waals surface area contributed by atoms with Crippen LogP contribution < -0.4 is 5.32 Å². The fourth-order valence-corrected chi connectivity index (χ4v) is 3.02. The van der Waals surface area contributed by atoms with E-state index < -0.39 is 5.41 Å². The Bertz CT molecular complexity index is 704. The number of amides is 2. The number of ketones is 1. The average molecular weight is 346 g/mol. The van der Waals surface area contributed by atoms with Crippen molar-refractivity contribution >= 4 is 35.0 Å². The molecule has 2 rings (SSSR count). The predicted octanol–water partition coefficient (Wildman–Crippen LogP) is 2.97. The second kappa shape index (κ2) is 7.21. The van der Waals surface area contributed by atoms with E-state index in [0.29, 0.717) is 5.03 Å². The van der Waals surface area contributed by atoms with Crippen LogP contribution >= 0.6 is 11.8 Å². The molecule has 0 radical (unpaired) electrons. The van der Waals surface area contributed by atoms with Gasteiger partial charge in [-0.3, -0.25) is 19.3 Å². The molecule has 0 aromatic heterocycles. The quantitative estimate of drug-likeness (QED) is 0.851. The summed E-state index contributed by atoms with van der Waals surface area (Å²) in [5.41, 5.74) is 1.15. The first kappa shape index (κ1) is 18.3. The summed E-state index contributed by atoms with van der Waals surface area (Å²) in [5.74, 6) is -0.257. The van der Waals surface area contributed by atoms with Gasteiger partial charge in [0.15, 0.2) is 5.78 Å². The molecule has 0 unspecified atom stereocenters. The molecular weight excluding hydrogens is 324 g/mol. The lowest BCUT2D eigenvalue weighted by Crippen LogP contribution is -2.34. The summed E-state index contributed by atoms with van der Waals surface area (Å²) >= 11 is 1.29. The molecule has 0 aliphatic carbocycles. The maximum Gasteiger partial charge on any atom is 0.244 e. The number of para-hydroxylation sites is 1. The molecule has 1 fully saturated rings. The van der Waals surface area contributed by atoms with E-state index in [1.165, 1.54) is 22.7 Å². The van der Waals surface area contributed by atoms with Crippen molar-refractivity contribution in [2.24, 2.45) is 5.41 Å². The molecule has 5 nitrogen and oxygen atoms in total. The Morgan fingerprint density at radius 2 is 1.96 bits per heavy atom. The number of aryl methyl sites for hydroxylation is 1. The minimum Gasteiger partial charge on any atom is -0.324 e. The van der Waals surface area contributed by atoms with Crippen LogP contribution in [0.25, 0.3) is 0 Å². The first-order chi connectivity index (χ1) is 11.2. The fourth-order valence-electron chi connectivity index (χ4n) is 2.08. The van der Waals surface area contributed by atoms with E-state index >= 15 is 0 Å². The van der Waals surface area contributed by atoms with Crippen LogP contribution in [0.3, 0.4) is 0 Å². The third kappa shape index (κ3) is 4.47. The summed E-state index contributed by atoms with van der Waals surface area (Å²) in [6, 6.07) is 7.45. The molecule has 0 saturated carbocycles. The molecule has 1 saturated heterocycles. The van der Waals surface area contributed by atoms with Gasteiger partial charge in [-0.15, -0.1) is 0 Å². The molecule has 6 heteroatoms. The standard InChI is InChI=1S/C18H22N2O3S/c1-12-7-5-6-8-13(12)19-15(22)10-20-16(23)11-24-17(20)9-14(21)18(2,3)4/h5-9H,10-11H2,1-4H3,(H,19,22). The Balaban J connectivity index is 2.10. The molecule has 0 spiro atoms. The molecule has 0 atom stereocenters. The van der Waals surface area contributed by atoms with Crippen molar-refractivity contribution in [2.45, 2.75) is 27.7 Å². The number of nitrogens with zero attached hydrogens (tertiary/aromatic N) is 1. The first-order valence-electron chi connectivity index (χ1n) is 7.73. The van der Waals surface area contributed by atoms with Crippen molar-refractivity contribution in [3.63, 3.8) is 0 Å². The number of hydrogen-bond acceptors (Lipinski definition) is 4. The van der Waals surface area contributed by atoms with Crippen LogP contribution in [0.2, 0.25) is 0 Å². The van der Waals surface area contributed by atoms with Gasteiger partial charge in [-0.05, 0) is 18.6 Å². The molecule has 1 heterocycles. The highest BCUT2D eigenvalue weighted by Crippen LogP contribution is 2.30. The zero-order valence-electron chi connectivity index (χ0n) is 14.4. The topological polar surface area (TPSA) is 66.5 Å². The summed E-state index contributed by atoms with van der Waals surface area (Å²) in [6.45, 7) is 7.28. The van der Waals surface area contributed by atoms with Gasteiger partial charge in [0.25, 0.3) is 0 Å². The highest BCUT2D eigenvalue weighted by atomic mass is 32.2. The largest absolute Gasteiger partial charge is 0.324 e. The van der Waals surface area contributed by atoms with Crippen LogP contribution in [0.1, 0.15) is 26.3 Å². The average Bonchev–Trinajstić information content (AvgIpc) is 2.81. The summed E-state index contributed by atoms with van der Waals surface area (Å²) in [6.07, 6.45) is 1.47. The number of carbonyl (C=O) groups is 3. The summed E-state index contributed by atoms with van der Waals surface area (Å²) in [4.78, 5) is 37.9. The van der Waals surface area contributed by atoms with Gasteiger partial charge in [0.1, 0.15) is 6.54 Å². The van der Waals surface area contributed by atoms with Crippen molar-refractivity contribution in [1.82, 2.24) is 4.90 Å². The smallest absolute Gasteiger partial charge is 0.244 e. The molecule has 1 aromatic rings. The van der Waals surface area contributed by atoms with Gasteiger partial charge in [-0.25, -0.2) is 0 Å². The van der Waals surface area contributed by atoms with Crippen molar-refractivity contribution < 1.29 is 14.4 Å². The highest BCUT2D eigenvalue weighted by Gasteiger charge is 2.30. The van der Waals surface area contributed by atoms with Gasteiger partial charge < -0.3 is 5.32 Å². The number of hydrogen-bond donors (Lipinski definition) is 1. The molecule has 128 valence electrons. The summed E-state index contributed by atoms with van der Waals surface area (Å²) in [5, 5.41) is 3.35. The third-order valence-electron chi connectivity index (χ3n) is 3.63. The van der Waals surface area contributed by atoms with E-state index in [1.54, 1.807) is 0 Å². The molecule has 0 bridgehead atoms. The number of benzene rings is 1. The molecule has 1 aromatic carbocycles. The van der Waals surface area contributed by atoms with Gasteiger partial charge in [-0.1, -0.05) is 50.7 Å². The SMILES string of the molecule is Cc1ccccc1NC(=O)CN1C(=O)CSC1=CC(=O)C(C)(C)C. The number of thioether (sulfide) groups is 1. The molecular formula is C18H22N2O3S. The number of allylic oxidation sites excluding steroid dienone is 1. The molecule has 24 heavy (non-hydrogen) atoms. The maximum absolute atomic E-state index is 12.3. The van der Waals surface area contributed by atoms with E-state index in [1.807, 2.05) is 52.0 Å². The Kier molecular flexibility index (Phi) is 5.49. The normalized spacial score (nSPS) is 16.6. The van der Waals surface area contributed by atoms with E-state index in [0.717, 1.165) is 11.3 Å². The maximum atomic E-state index is 12.3. The van der Waals surface area contributed by atoms with Gasteiger partial charge in [-0.2, -0.15) is 0 Å². The van der Waals surface area contributed by atoms with Gasteiger partial charge >= 0.3 is 0 Å². The van der Waals surface area contributed by atoms with E-state index in [9.17, 15) is 14.4 Å². The molecule has 2 amide bonds. The lowest BCUT2D eigenvalue weighted by Gasteiger charge is -2.19. The Hall–Kier alpha value is -2.08. The van der Waals surface area contributed by atoms with Crippen molar-refractivity contribution in [2.75, 3.05) is 17.6 Å². The number of rotatable bonds is 4. The van der Waals surface area contributed by atoms with Gasteiger partial charge in [0.05, 0.1) is 10.8 Å². The zero-order chi connectivity index (χ0) is 17.9. The van der Waals surface area contributed by atoms with Crippen LogP contribution in [0, 0.1) is 12.3 Å². The Morgan fingerprint density at radius 3 is 2.58 bits per heavy atom. The lowest BCUT2D eigenvalue weighted by atomic mass is 9.91. The van der Waals surface area contributed by atoms with Crippen molar-refractivity contribution in [3.05, 3.63) is 40.9 Å². The minimum absolute atomic E-state index is 0.0657. The monoisotopic (exact) mass is 346 g/mol. The van der Waals surface area contributed by atoms with Crippen LogP contribution in [-0.4, -0.2) is 34.8 Å². The fraction of sp³-hybridized carbons (Fsp3) is 0.389. The summed E-state index contributed by atoms with van der Waals surface area (Å²) < 4.78 is 0. The zero-order valence-corrected chi connectivity index (χ0v) is 15.2. The second-order valence-corrected chi connectivity index (χ2v) is 7.72. The first-order valence-corrected chi connectivity index (χ1v) is 8.72. The van der Waals surface area contributed by atoms with Crippen LogP contribution in [0.4, 0.5) is 5.69 Å². The van der Waals surface area contributed by atoms with Gasteiger partial charge in [0, 0.05) is 17.2 Å². The minimum atomic E-state index is -0.520. The lowest BCUT2D eigenvalue weighted by molar-refractivity contribution is -0.129. The molecule has 1 aliphatic rings.